The zero-order valence-corrected chi connectivity index (χ0v) is 21.6. The van der Waals surface area contributed by atoms with E-state index in [1.165, 1.54) is 0 Å². The molecule has 0 saturated carbocycles. The van der Waals surface area contributed by atoms with Crippen LogP contribution in [0.4, 0.5) is 18.0 Å². The molecule has 2 aliphatic rings. The summed E-state index contributed by atoms with van der Waals surface area (Å²) in [5.74, 6) is 0.619. The number of alkyl halides is 3. The predicted molar refractivity (Wildman–Crippen MR) is 133 cm³/mol. The van der Waals surface area contributed by atoms with Crippen LogP contribution in [0.1, 0.15) is 69.9 Å². The molecule has 1 atom stereocenters. The highest BCUT2D eigenvalue weighted by Gasteiger charge is 2.31. The third-order valence-corrected chi connectivity index (χ3v) is 7.66. The van der Waals surface area contributed by atoms with E-state index in [0.29, 0.717) is 25.6 Å². The van der Waals surface area contributed by atoms with Gasteiger partial charge in [-0.25, -0.2) is 9.78 Å². The lowest BCUT2D eigenvalue weighted by molar-refractivity contribution is -0.138. The van der Waals surface area contributed by atoms with Gasteiger partial charge in [-0.1, -0.05) is 19.1 Å². The van der Waals surface area contributed by atoms with E-state index in [0.717, 1.165) is 45.7 Å². The van der Waals surface area contributed by atoms with Gasteiger partial charge in [-0.3, -0.25) is 4.90 Å². The number of thiazole rings is 1. The highest BCUT2D eigenvalue weighted by Crippen LogP contribution is 2.36. The Kier molecular flexibility index (Phi) is 7.48. The third-order valence-electron chi connectivity index (χ3n) is 6.46. The van der Waals surface area contributed by atoms with Crippen LogP contribution in [-0.2, 0) is 4.74 Å². The minimum absolute atomic E-state index is 0.0707. The summed E-state index contributed by atoms with van der Waals surface area (Å²) < 4.78 is 44.3. The smallest absolute Gasteiger partial charge is 0.414 e. The fourth-order valence-electron chi connectivity index (χ4n) is 4.64. The Bertz CT molecular complexity index is 1080. The molecule has 1 saturated heterocycles. The molecule has 1 aromatic carbocycles. The van der Waals surface area contributed by atoms with E-state index < -0.39 is 18.2 Å². The summed E-state index contributed by atoms with van der Waals surface area (Å²) in [5, 5.41) is 1.04. The van der Waals surface area contributed by atoms with Gasteiger partial charge in [0.15, 0.2) is 0 Å². The number of fused-ring (bicyclic) bond motifs is 1. The SMILES string of the molecule is C[C@H]1CC=C(c2ccc3sc(C4CCN(CCC(F)(F)F)CC4)nc3c2)N(C(=O)OC(C)(C)C)C1. The summed E-state index contributed by atoms with van der Waals surface area (Å²) in [7, 11) is 0. The number of carbonyl (C=O) groups excluding carboxylic acids is 1. The number of piperidine rings is 1. The molecule has 0 unspecified atom stereocenters. The number of halogens is 3. The Labute approximate surface area is 208 Å². The summed E-state index contributed by atoms with van der Waals surface area (Å²) in [6, 6.07) is 6.12. The van der Waals surface area contributed by atoms with Gasteiger partial charge < -0.3 is 9.64 Å². The molecule has 1 fully saturated rings. The standard InChI is InChI=1S/C26H34F3N3O2S/c1-17-5-7-21(32(16-17)24(33)34-25(2,3)4)19-6-8-22-20(15-19)30-23(35-22)18-9-12-31(13-10-18)14-11-26(27,28)29/h6-8,15,17-18H,5,9-14,16H2,1-4H3/t17-/m0/s1. The lowest BCUT2D eigenvalue weighted by Gasteiger charge is -2.33. The topological polar surface area (TPSA) is 45.7 Å². The summed E-state index contributed by atoms with van der Waals surface area (Å²) in [6.45, 7) is 9.72. The Morgan fingerprint density at radius 2 is 1.91 bits per heavy atom. The number of allylic oxidation sites excluding steroid dienone is 1. The number of hydrogen-bond donors (Lipinski definition) is 0. The third kappa shape index (κ3) is 6.76. The number of benzene rings is 1. The van der Waals surface area contributed by atoms with Crippen molar-refractivity contribution in [3.05, 3.63) is 34.8 Å². The predicted octanol–water partition coefficient (Wildman–Crippen LogP) is 7.05. The van der Waals surface area contributed by atoms with Gasteiger partial charge in [0, 0.05) is 24.6 Å². The maximum Gasteiger partial charge on any atom is 0.414 e. The van der Waals surface area contributed by atoms with Gasteiger partial charge in [-0.2, -0.15) is 13.2 Å². The number of hydrogen-bond acceptors (Lipinski definition) is 5. The van der Waals surface area contributed by atoms with Crippen molar-refractivity contribution in [1.82, 2.24) is 14.8 Å². The second-order valence-corrected chi connectivity index (χ2v) is 11.8. The summed E-state index contributed by atoms with van der Waals surface area (Å²) in [4.78, 5) is 21.5. The van der Waals surface area contributed by atoms with E-state index in [4.69, 9.17) is 9.72 Å². The van der Waals surface area contributed by atoms with Gasteiger partial charge in [0.05, 0.1) is 27.3 Å². The molecule has 1 amide bonds. The van der Waals surface area contributed by atoms with Crippen LogP contribution in [0.15, 0.2) is 24.3 Å². The number of aromatic nitrogens is 1. The van der Waals surface area contributed by atoms with Gasteiger partial charge >= 0.3 is 12.3 Å². The van der Waals surface area contributed by atoms with Crippen molar-refractivity contribution in [3.63, 3.8) is 0 Å². The normalized spacial score (nSPS) is 20.8. The van der Waals surface area contributed by atoms with Crippen LogP contribution in [0.5, 0.6) is 0 Å². The molecule has 192 valence electrons. The second kappa shape index (κ2) is 10.1. The number of amides is 1. The van der Waals surface area contributed by atoms with Gasteiger partial charge in [0.25, 0.3) is 0 Å². The number of carbonyl (C=O) groups is 1. The van der Waals surface area contributed by atoms with Crippen LogP contribution in [0.2, 0.25) is 0 Å². The van der Waals surface area contributed by atoms with Gasteiger partial charge in [-0.15, -0.1) is 11.3 Å². The van der Waals surface area contributed by atoms with E-state index in [2.05, 4.69) is 19.1 Å². The molecule has 2 aromatic rings. The Morgan fingerprint density at radius 1 is 1.20 bits per heavy atom. The molecular formula is C26H34F3N3O2S. The highest BCUT2D eigenvalue weighted by molar-refractivity contribution is 7.18. The summed E-state index contributed by atoms with van der Waals surface area (Å²) in [5.41, 5.74) is 2.12. The number of ether oxygens (including phenoxy) is 1. The van der Waals surface area contributed by atoms with Crippen molar-refractivity contribution in [2.75, 3.05) is 26.2 Å². The lowest BCUT2D eigenvalue weighted by Crippen LogP contribution is -2.39. The average Bonchev–Trinajstić information content (AvgIpc) is 3.20. The van der Waals surface area contributed by atoms with Crippen molar-refractivity contribution in [2.45, 2.75) is 71.1 Å². The number of likely N-dealkylation sites (tertiary alicyclic amines) is 1. The minimum Gasteiger partial charge on any atom is -0.443 e. The first-order valence-electron chi connectivity index (χ1n) is 12.3. The molecule has 0 bridgehead atoms. The average molecular weight is 510 g/mol. The summed E-state index contributed by atoms with van der Waals surface area (Å²) >= 11 is 1.66. The van der Waals surface area contributed by atoms with Crippen molar-refractivity contribution in [2.24, 2.45) is 5.92 Å². The Morgan fingerprint density at radius 3 is 2.57 bits per heavy atom. The minimum atomic E-state index is -4.10. The Hall–Kier alpha value is -2.13. The monoisotopic (exact) mass is 509 g/mol. The fraction of sp³-hybridized carbons (Fsp3) is 0.615. The van der Waals surface area contributed by atoms with E-state index in [1.54, 1.807) is 16.2 Å². The van der Waals surface area contributed by atoms with Crippen LogP contribution in [0, 0.1) is 5.92 Å². The molecule has 3 heterocycles. The lowest BCUT2D eigenvalue weighted by atomic mass is 9.97. The largest absolute Gasteiger partial charge is 0.443 e. The number of nitrogens with zero attached hydrogens (tertiary/aromatic N) is 3. The quantitative estimate of drug-likeness (QED) is 0.443. The van der Waals surface area contributed by atoms with Crippen molar-refractivity contribution in [3.8, 4) is 0 Å². The maximum absolute atomic E-state index is 12.9. The molecule has 35 heavy (non-hydrogen) atoms. The van der Waals surface area contributed by atoms with Crippen molar-refractivity contribution >= 4 is 33.3 Å². The van der Waals surface area contributed by atoms with Gasteiger partial charge in [0.1, 0.15) is 5.60 Å². The molecule has 5 nitrogen and oxygen atoms in total. The molecule has 1 aromatic heterocycles. The van der Waals surface area contributed by atoms with Crippen molar-refractivity contribution in [1.29, 1.82) is 0 Å². The zero-order valence-electron chi connectivity index (χ0n) is 20.8. The molecule has 0 aliphatic carbocycles. The molecular weight excluding hydrogens is 475 g/mol. The van der Waals surface area contributed by atoms with Crippen LogP contribution < -0.4 is 0 Å². The maximum atomic E-state index is 12.9. The molecule has 0 radical (unpaired) electrons. The van der Waals surface area contributed by atoms with Gasteiger partial charge in [0.2, 0.25) is 0 Å². The first-order chi connectivity index (χ1) is 16.4. The zero-order chi connectivity index (χ0) is 25.4. The van der Waals surface area contributed by atoms with Crippen LogP contribution in [-0.4, -0.2) is 58.8 Å². The molecule has 0 spiro atoms. The van der Waals surface area contributed by atoms with Gasteiger partial charge in [-0.05, 0) is 71.2 Å². The summed E-state index contributed by atoms with van der Waals surface area (Å²) in [6.07, 6.45) is -0.569. The number of rotatable bonds is 4. The highest BCUT2D eigenvalue weighted by atomic mass is 32.1. The molecule has 4 rings (SSSR count). The fourth-order valence-corrected chi connectivity index (χ4v) is 5.76. The van der Waals surface area contributed by atoms with E-state index in [-0.39, 0.29) is 18.6 Å². The van der Waals surface area contributed by atoms with E-state index >= 15 is 0 Å². The molecule has 0 N–H and O–H groups in total. The Balaban J connectivity index is 1.48. The van der Waals surface area contributed by atoms with Crippen LogP contribution in [0.3, 0.4) is 0 Å². The second-order valence-electron chi connectivity index (χ2n) is 10.7. The first kappa shape index (κ1) is 25.9. The molecule has 9 heteroatoms. The van der Waals surface area contributed by atoms with E-state index in [1.807, 2.05) is 37.8 Å². The van der Waals surface area contributed by atoms with Crippen LogP contribution in [0.25, 0.3) is 15.9 Å². The van der Waals surface area contributed by atoms with Crippen molar-refractivity contribution < 1.29 is 22.7 Å². The molecule has 2 aliphatic heterocycles. The first-order valence-corrected chi connectivity index (χ1v) is 13.1. The van der Waals surface area contributed by atoms with Crippen LogP contribution >= 0.6 is 11.3 Å². The van der Waals surface area contributed by atoms with E-state index in [9.17, 15) is 18.0 Å².